The number of hydrogen-bond acceptors (Lipinski definition) is 7. The number of carbonyl (C=O) groups is 1. The van der Waals surface area contributed by atoms with Crippen LogP contribution in [-0.2, 0) is 4.74 Å². The molecular weight excluding hydrogens is 360 g/mol. The molecule has 1 aliphatic heterocycles. The Morgan fingerprint density at radius 3 is 2.75 bits per heavy atom. The van der Waals surface area contributed by atoms with Crippen LogP contribution in [0, 0.1) is 0 Å². The summed E-state index contributed by atoms with van der Waals surface area (Å²) in [5, 5.41) is 10.7. The fourth-order valence-electron chi connectivity index (χ4n) is 3.02. The first kappa shape index (κ1) is 18.0. The van der Waals surface area contributed by atoms with Gasteiger partial charge in [0.05, 0.1) is 31.7 Å². The lowest BCUT2D eigenvalue weighted by molar-refractivity contribution is 0.0991. The van der Waals surface area contributed by atoms with Gasteiger partial charge in [-0.1, -0.05) is 18.2 Å². The monoisotopic (exact) mass is 380 g/mol. The molecule has 0 radical (unpaired) electrons. The number of methoxy groups -OCH3 is 1. The Morgan fingerprint density at radius 2 is 1.93 bits per heavy atom. The Bertz CT molecular complexity index is 966. The van der Waals surface area contributed by atoms with E-state index < -0.39 is 5.91 Å². The average molecular weight is 380 g/mol. The number of benzene rings is 2. The second-order valence-electron chi connectivity index (χ2n) is 6.22. The van der Waals surface area contributed by atoms with Crippen LogP contribution in [0.2, 0.25) is 0 Å². The second kappa shape index (κ2) is 8.10. The number of amides is 1. The minimum absolute atomic E-state index is 0.102. The Balaban J connectivity index is 1.53. The van der Waals surface area contributed by atoms with E-state index in [1.807, 2.05) is 42.5 Å². The van der Waals surface area contributed by atoms with Crippen LogP contribution in [0.25, 0.3) is 11.5 Å². The van der Waals surface area contributed by atoms with Gasteiger partial charge in [0, 0.05) is 18.7 Å². The molecule has 8 nitrogen and oxygen atoms in total. The number of aromatic nitrogens is 2. The smallest absolute Gasteiger partial charge is 0.313 e. The minimum atomic E-state index is -0.456. The van der Waals surface area contributed by atoms with E-state index in [0.29, 0.717) is 30.2 Å². The topological polar surface area (TPSA) is 89.7 Å². The predicted octanol–water partition coefficient (Wildman–Crippen LogP) is 2.83. The third kappa shape index (κ3) is 3.81. The van der Waals surface area contributed by atoms with Gasteiger partial charge in [-0.15, -0.1) is 10.2 Å². The molecule has 1 aliphatic rings. The summed E-state index contributed by atoms with van der Waals surface area (Å²) in [6, 6.07) is 14.8. The molecule has 2 aromatic carbocycles. The summed E-state index contributed by atoms with van der Waals surface area (Å²) in [4.78, 5) is 14.8. The van der Waals surface area contributed by atoms with Crippen LogP contribution >= 0.6 is 0 Å². The molecule has 3 aromatic rings. The number of morpholine rings is 1. The molecule has 1 saturated heterocycles. The highest BCUT2D eigenvalue weighted by atomic mass is 16.5. The summed E-state index contributed by atoms with van der Waals surface area (Å²) >= 11 is 0. The van der Waals surface area contributed by atoms with Gasteiger partial charge in [0.2, 0.25) is 5.89 Å². The maximum atomic E-state index is 12.6. The van der Waals surface area contributed by atoms with Gasteiger partial charge in [0.25, 0.3) is 0 Å². The molecule has 144 valence electrons. The number of hydrogen-bond donors (Lipinski definition) is 1. The molecule has 1 amide bonds. The fraction of sp³-hybridized carbons (Fsp3) is 0.250. The van der Waals surface area contributed by atoms with Crippen molar-refractivity contribution in [1.29, 1.82) is 0 Å². The van der Waals surface area contributed by atoms with Crippen LogP contribution in [0.5, 0.6) is 5.75 Å². The molecule has 0 aliphatic carbocycles. The van der Waals surface area contributed by atoms with Crippen LogP contribution in [0.15, 0.2) is 52.9 Å². The predicted molar refractivity (Wildman–Crippen MR) is 104 cm³/mol. The lowest BCUT2D eigenvalue weighted by Gasteiger charge is -2.30. The molecule has 1 aromatic heterocycles. The summed E-state index contributed by atoms with van der Waals surface area (Å²) in [7, 11) is 1.58. The zero-order chi connectivity index (χ0) is 19.3. The van der Waals surface area contributed by atoms with Gasteiger partial charge < -0.3 is 24.1 Å². The lowest BCUT2D eigenvalue weighted by Crippen LogP contribution is -2.36. The SMILES string of the molecule is COc1cccc(-c2nnc(C(=O)Nc3ccccc3N3CCOCC3)o2)c1. The first-order valence-electron chi connectivity index (χ1n) is 8.95. The Kier molecular flexibility index (Phi) is 5.20. The Hall–Kier alpha value is -3.39. The first-order valence-corrected chi connectivity index (χ1v) is 8.95. The van der Waals surface area contributed by atoms with Gasteiger partial charge in [-0.2, -0.15) is 0 Å². The van der Waals surface area contributed by atoms with Gasteiger partial charge >= 0.3 is 11.8 Å². The third-order valence-corrected chi connectivity index (χ3v) is 4.44. The van der Waals surface area contributed by atoms with E-state index in [9.17, 15) is 4.79 Å². The highest BCUT2D eigenvalue weighted by Gasteiger charge is 2.20. The summed E-state index contributed by atoms with van der Waals surface area (Å²) < 4.78 is 16.2. The minimum Gasteiger partial charge on any atom is -0.497 e. The number of para-hydroxylation sites is 2. The molecule has 1 N–H and O–H groups in total. The van der Waals surface area contributed by atoms with Crippen LogP contribution in [-0.4, -0.2) is 49.5 Å². The third-order valence-electron chi connectivity index (χ3n) is 4.44. The largest absolute Gasteiger partial charge is 0.497 e. The van der Waals surface area contributed by atoms with Crippen LogP contribution in [0.4, 0.5) is 11.4 Å². The van der Waals surface area contributed by atoms with Crippen LogP contribution in [0.1, 0.15) is 10.7 Å². The van der Waals surface area contributed by atoms with Crippen molar-refractivity contribution in [3.63, 3.8) is 0 Å². The number of nitrogens with one attached hydrogen (secondary N) is 1. The van der Waals surface area contributed by atoms with Crippen molar-refractivity contribution in [3.05, 3.63) is 54.4 Å². The molecule has 0 spiro atoms. The summed E-state index contributed by atoms with van der Waals surface area (Å²) in [5.41, 5.74) is 2.31. The van der Waals surface area contributed by atoms with Gasteiger partial charge in [0.15, 0.2) is 0 Å². The lowest BCUT2D eigenvalue weighted by atomic mass is 10.2. The van der Waals surface area contributed by atoms with E-state index in [-0.39, 0.29) is 11.8 Å². The summed E-state index contributed by atoms with van der Waals surface area (Å²) in [5.74, 6) is 0.364. The Labute approximate surface area is 162 Å². The zero-order valence-corrected chi connectivity index (χ0v) is 15.4. The molecular formula is C20H20N4O4. The van der Waals surface area contributed by atoms with E-state index in [1.54, 1.807) is 13.2 Å². The van der Waals surface area contributed by atoms with Gasteiger partial charge in [-0.3, -0.25) is 4.79 Å². The van der Waals surface area contributed by atoms with Crippen LogP contribution in [0.3, 0.4) is 0 Å². The molecule has 1 fully saturated rings. The molecule has 2 heterocycles. The van der Waals surface area contributed by atoms with Crippen molar-refractivity contribution >= 4 is 17.3 Å². The van der Waals surface area contributed by atoms with Gasteiger partial charge in [0.1, 0.15) is 5.75 Å². The van der Waals surface area contributed by atoms with Crippen molar-refractivity contribution in [2.75, 3.05) is 43.6 Å². The molecule has 0 bridgehead atoms. The van der Waals surface area contributed by atoms with Crippen molar-refractivity contribution in [2.24, 2.45) is 0 Å². The van der Waals surface area contributed by atoms with Crippen molar-refractivity contribution < 1.29 is 18.7 Å². The molecule has 0 saturated carbocycles. The Morgan fingerprint density at radius 1 is 1.11 bits per heavy atom. The molecule has 8 heteroatoms. The van der Waals surface area contributed by atoms with Crippen molar-refractivity contribution in [1.82, 2.24) is 10.2 Å². The highest BCUT2D eigenvalue weighted by molar-refractivity contribution is 6.03. The average Bonchev–Trinajstić information content (AvgIpc) is 3.25. The normalized spacial score (nSPS) is 14.0. The zero-order valence-electron chi connectivity index (χ0n) is 15.4. The number of anilines is 2. The van der Waals surface area contributed by atoms with Crippen molar-refractivity contribution in [2.45, 2.75) is 0 Å². The number of carbonyl (C=O) groups excluding carboxylic acids is 1. The van der Waals surface area contributed by atoms with E-state index in [1.165, 1.54) is 0 Å². The molecule has 0 unspecified atom stereocenters. The standard InChI is InChI=1S/C20H20N4O4/c1-26-15-6-4-5-14(13-15)19-22-23-20(28-19)18(25)21-16-7-2-3-8-17(16)24-9-11-27-12-10-24/h2-8,13H,9-12H2,1H3,(H,21,25). The fourth-order valence-corrected chi connectivity index (χ4v) is 3.02. The number of nitrogens with zero attached hydrogens (tertiary/aromatic N) is 3. The van der Waals surface area contributed by atoms with E-state index in [2.05, 4.69) is 20.4 Å². The first-order chi connectivity index (χ1) is 13.7. The summed E-state index contributed by atoms with van der Waals surface area (Å²) in [6.45, 7) is 2.87. The maximum Gasteiger partial charge on any atom is 0.313 e. The van der Waals surface area contributed by atoms with E-state index in [0.717, 1.165) is 18.8 Å². The van der Waals surface area contributed by atoms with Crippen LogP contribution < -0.4 is 15.0 Å². The van der Waals surface area contributed by atoms with E-state index >= 15 is 0 Å². The molecule has 28 heavy (non-hydrogen) atoms. The quantitative estimate of drug-likeness (QED) is 0.728. The van der Waals surface area contributed by atoms with Crippen molar-refractivity contribution in [3.8, 4) is 17.2 Å². The molecule has 0 atom stereocenters. The number of ether oxygens (including phenoxy) is 2. The second-order valence-corrected chi connectivity index (χ2v) is 6.22. The maximum absolute atomic E-state index is 12.6. The van der Waals surface area contributed by atoms with Gasteiger partial charge in [-0.25, -0.2) is 0 Å². The summed E-state index contributed by atoms with van der Waals surface area (Å²) in [6.07, 6.45) is 0. The highest BCUT2D eigenvalue weighted by Crippen LogP contribution is 2.27. The van der Waals surface area contributed by atoms with Gasteiger partial charge in [-0.05, 0) is 30.3 Å². The van der Waals surface area contributed by atoms with E-state index in [4.69, 9.17) is 13.9 Å². The number of rotatable bonds is 5. The molecule has 4 rings (SSSR count).